The van der Waals surface area contributed by atoms with E-state index in [1.165, 1.54) is 5.56 Å². The molecule has 0 saturated heterocycles. The van der Waals surface area contributed by atoms with Crippen LogP contribution in [0, 0.1) is 0 Å². The molecule has 3 rings (SSSR count). The highest BCUT2D eigenvalue weighted by atomic mass is 16.5. The third kappa shape index (κ3) is 4.84. The highest BCUT2D eigenvalue weighted by Gasteiger charge is 2.09. The quantitative estimate of drug-likeness (QED) is 0.656. The van der Waals surface area contributed by atoms with Gasteiger partial charge in [0.2, 0.25) is 5.95 Å². The van der Waals surface area contributed by atoms with Crippen molar-refractivity contribution in [2.24, 2.45) is 0 Å². The van der Waals surface area contributed by atoms with E-state index in [9.17, 15) is 0 Å². The molecule has 0 saturated carbocycles. The molecular formula is C20H23N5O2. The summed E-state index contributed by atoms with van der Waals surface area (Å²) in [5.74, 6) is 2.78. The van der Waals surface area contributed by atoms with E-state index in [0.29, 0.717) is 17.5 Å². The molecular weight excluding hydrogens is 342 g/mol. The zero-order valence-corrected chi connectivity index (χ0v) is 15.7. The number of ether oxygens (including phenoxy) is 2. The number of rotatable bonds is 8. The minimum absolute atomic E-state index is 0.649. The first-order valence-electron chi connectivity index (χ1n) is 8.61. The molecule has 0 atom stereocenters. The average molecular weight is 365 g/mol. The lowest BCUT2D eigenvalue weighted by Gasteiger charge is -2.18. The predicted molar refractivity (Wildman–Crippen MR) is 106 cm³/mol. The zero-order chi connectivity index (χ0) is 19.1. The number of nitrogens with zero attached hydrogens (tertiary/aromatic N) is 4. The molecule has 0 fully saturated rings. The Hall–Kier alpha value is -3.35. The van der Waals surface area contributed by atoms with Crippen molar-refractivity contribution in [3.05, 3.63) is 60.6 Å². The number of pyridine rings is 1. The summed E-state index contributed by atoms with van der Waals surface area (Å²) in [5, 5.41) is 3.28. The number of nitrogens with one attached hydrogen (secondary N) is 1. The van der Waals surface area contributed by atoms with Gasteiger partial charge in [-0.15, -0.1) is 0 Å². The van der Waals surface area contributed by atoms with Crippen molar-refractivity contribution in [2.45, 2.75) is 6.42 Å². The highest BCUT2D eigenvalue weighted by molar-refractivity contribution is 5.66. The fraction of sp³-hybridized carbons (Fsp3) is 0.250. The molecule has 0 aliphatic heterocycles. The molecule has 0 unspecified atom stereocenters. The van der Waals surface area contributed by atoms with E-state index in [4.69, 9.17) is 9.47 Å². The van der Waals surface area contributed by atoms with E-state index in [-0.39, 0.29) is 0 Å². The Balaban J connectivity index is 1.72. The van der Waals surface area contributed by atoms with Crippen LogP contribution < -0.4 is 19.7 Å². The maximum absolute atomic E-state index is 5.41. The van der Waals surface area contributed by atoms with Crippen molar-refractivity contribution in [1.29, 1.82) is 0 Å². The first-order valence-corrected chi connectivity index (χ1v) is 8.61. The lowest BCUT2D eigenvalue weighted by Crippen LogP contribution is -2.22. The van der Waals surface area contributed by atoms with Crippen molar-refractivity contribution >= 4 is 17.5 Å². The molecule has 0 radical (unpaired) electrons. The summed E-state index contributed by atoms with van der Waals surface area (Å²) >= 11 is 0. The molecule has 7 nitrogen and oxygen atoms in total. The summed E-state index contributed by atoms with van der Waals surface area (Å²) in [7, 11) is 5.24. The molecule has 0 aliphatic rings. The molecule has 0 amide bonds. The van der Waals surface area contributed by atoms with Crippen molar-refractivity contribution in [2.75, 3.05) is 38.0 Å². The van der Waals surface area contributed by atoms with Crippen LogP contribution in [0.3, 0.4) is 0 Å². The third-order valence-corrected chi connectivity index (χ3v) is 4.14. The van der Waals surface area contributed by atoms with Crippen molar-refractivity contribution in [3.8, 4) is 11.5 Å². The van der Waals surface area contributed by atoms with Crippen LogP contribution in [0.25, 0.3) is 0 Å². The molecule has 2 heterocycles. The van der Waals surface area contributed by atoms with Gasteiger partial charge in [0.1, 0.15) is 17.3 Å². The molecule has 3 aromatic rings. The van der Waals surface area contributed by atoms with E-state index in [1.807, 2.05) is 48.3 Å². The van der Waals surface area contributed by atoms with Gasteiger partial charge in [-0.05, 0) is 42.3 Å². The fourth-order valence-electron chi connectivity index (χ4n) is 2.60. The van der Waals surface area contributed by atoms with Crippen LogP contribution in [0.2, 0.25) is 0 Å². The number of aromatic nitrogens is 3. The lowest BCUT2D eigenvalue weighted by atomic mass is 10.2. The minimum atomic E-state index is 0.649. The Morgan fingerprint density at radius 1 is 1.00 bits per heavy atom. The maximum Gasteiger partial charge on any atom is 0.227 e. The van der Waals surface area contributed by atoms with E-state index in [0.717, 1.165) is 24.4 Å². The Morgan fingerprint density at radius 2 is 1.81 bits per heavy atom. The van der Waals surface area contributed by atoms with E-state index >= 15 is 0 Å². The van der Waals surface area contributed by atoms with Gasteiger partial charge in [-0.25, -0.2) is 4.98 Å². The van der Waals surface area contributed by atoms with Crippen LogP contribution in [-0.4, -0.2) is 42.8 Å². The van der Waals surface area contributed by atoms with Gasteiger partial charge >= 0.3 is 0 Å². The maximum atomic E-state index is 5.41. The van der Waals surface area contributed by atoms with Gasteiger partial charge in [0.05, 0.1) is 19.9 Å². The molecule has 27 heavy (non-hydrogen) atoms. The number of methoxy groups -OCH3 is 2. The number of likely N-dealkylation sites (N-methyl/N-ethyl adjacent to an activating group) is 1. The van der Waals surface area contributed by atoms with Gasteiger partial charge in [-0.2, -0.15) is 4.98 Å². The minimum Gasteiger partial charge on any atom is -0.497 e. The Labute approximate surface area is 159 Å². The molecule has 2 aromatic heterocycles. The van der Waals surface area contributed by atoms with Gasteiger partial charge in [0.25, 0.3) is 0 Å². The SMILES string of the molecule is COc1ccc(OC)c(Nc2ccnc(N(C)CCc3ccncc3)n2)c1. The van der Waals surface area contributed by atoms with Crippen LogP contribution in [0.5, 0.6) is 11.5 Å². The summed E-state index contributed by atoms with van der Waals surface area (Å²) in [5.41, 5.74) is 2.01. The lowest BCUT2D eigenvalue weighted by molar-refractivity contribution is 0.405. The van der Waals surface area contributed by atoms with Crippen LogP contribution in [0.1, 0.15) is 5.56 Å². The van der Waals surface area contributed by atoms with Crippen molar-refractivity contribution < 1.29 is 9.47 Å². The normalized spacial score (nSPS) is 10.3. The van der Waals surface area contributed by atoms with E-state index in [2.05, 4.69) is 20.3 Å². The predicted octanol–water partition coefficient (Wildman–Crippen LogP) is 3.31. The molecule has 1 aromatic carbocycles. The smallest absolute Gasteiger partial charge is 0.227 e. The number of hydrogen-bond acceptors (Lipinski definition) is 7. The van der Waals surface area contributed by atoms with Crippen LogP contribution in [0.15, 0.2) is 55.0 Å². The molecule has 0 aliphatic carbocycles. The number of benzene rings is 1. The van der Waals surface area contributed by atoms with E-state index < -0.39 is 0 Å². The average Bonchev–Trinajstić information content (AvgIpc) is 2.73. The Morgan fingerprint density at radius 3 is 2.56 bits per heavy atom. The Bertz CT molecular complexity index is 873. The topological polar surface area (TPSA) is 72.4 Å². The molecule has 0 bridgehead atoms. The first-order chi connectivity index (χ1) is 13.2. The van der Waals surface area contributed by atoms with Crippen molar-refractivity contribution in [3.63, 3.8) is 0 Å². The molecule has 0 spiro atoms. The fourth-order valence-corrected chi connectivity index (χ4v) is 2.60. The second-order valence-corrected chi connectivity index (χ2v) is 5.96. The first kappa shape index (κ1) is 18.4. The second kappa shape index (κ2) is 8.84. The van der Waals surface area contributed by atoms with Gasteiger partial charge < -0.3 is 19.7 Å². The largest absolute Gasteiger partial charge is 0.497 e. The summed E-state index contributed by atoms with van der Waals surface area (Å²) in [6, 6.07) is 11.4. The van der Waals surface area contributed by atoms with Gasteiger partial charge in [0, 0.05) is 38.2 Å². The van der Waals surface area contributed by atoms with Crippen molar-refractivity contribution in [1.82, 2.24) is 15.0 Å². The molecule has 7 heteroatoms. The monoisotopic (exact) mass is 365 g/mol. The summed E-state index contributed by atoms with van der Waals surface area (Å²) in [4.78, 5) is 15.0. The standard InChI is InChI=1S/C20H23N5O2/c1-25(13-9-15-6-10-21-11-7-15)20-22-12-8-19(24-20)23-17-14-16(26-2)4-5-18(17)27-3/h4-8,10-12,14H,9,13H2,1-3H3,(H,22,23,24). The summed E-state index contributed by atoms with van der Waals surface area (Å²) in [6.45, 7) is 0.802. The zero-order valence-electron chi connectivity index (χ0n) is 15.7. The van der Waals surface area contributed by atoms with Gasteiger partial charge in [-0.1, -0.05) is 0 Å². The molecule has 1 N–H and O–H groups in total. The Kier molecular flexibility index (Phi) is 6.04. The summed E-state index contributed by atoms with van der Waals surface area (Å²) < 4.78 is 10.7. The second-order valence-electron chi connectivity index (χ2n) is 5.96. The highest BCUT2D eigenvalue weighted by Crippen LogP contribution is 2.31. The van der Waals surface area contributed by atoms with Gasteiger partial charge in [-0.3, -0.25) is 4.98 Å². The third-order valence-electron chi connectivity index (χ3n) is 4.14. The summed E-state index contributed by atoms with van der Waals surface area (Å²) in [6.07, 6.45) is 6.24. The van der Waals surface area contributed by atoms with Crippen LogP contribution in [0.4, 0.5) is 17.5 Å². The van der Waals surface area contributed by atoms with Gasteiger partial charge in [0.15, 0.2) is 0 Å². The van der Waals surface area contributed by atoms with Crippen LogP contribution >= 0.6 is 0 Å². The van der Waals surface area contributed by atoms with Crippen LogP contribution in [-0.2, 0) is 6.42 Å². The number of anilines is 3. The van der Waals surface area contributed by atoms with E-state index in [1.54, 1.807) is 32.8 Å². The number of hydrogen-bond donors (Lipinski definition) is 1. The molecule has 140 valence electrons.